The van der Waals surface area contributed by atoms with E-state index in [9.17, 15) is 14.7 Å². The summed E-state index contributed by atoms with van der Waals surface area (Å²) in [6.45, 7) is 5.16. The minimum absolute atomic E-state index is 0.179. The van der Waals surface area contributed by atoms with Crippen LogP contribution in [0.15, 0.2) is 0 Å². The molecule has 0 aliphatic heterocycles. The van der Waals surface area contributed by atoms with Gasteiger partial charge in [0.25, 0.3) is 0 Å². The van der Waals surface area contributed by atoms with Gasteiger partial charge in [-0.05, 0) is 12.8 Å². The number of aliphatic hydroxyl groups is 1. The molecule has 0 heterocycles. The van der Waals surface area contributed by atoms with Crippen molar-refractivity contribution in [1.29, 1.82) is 0 Å². The summed E-state index contributed by atoms with van der Waals surface area (Å²) < 4.78 is 0. The van der Waals surface area contributed by atoms with Crippen LogP contribution < -0.4 is 0 Å². The first-order valence-corrected chi connectivity index (χ1v) is 4.81. The Kier molecular flexibility index (Phi) is 4.85. The maximum Gasteiger partial charge on any atom is 0.180 e. The molecule has 3 nitrogen and oxygen atoms in total. The monoisotopic (exact) mass is 186 g/mol. The largest absolute Gasteiger partial charge is 0.375 e. The summed E-state index contributed by atoms with van der Waals surface area (Å²) in [5.74, 6) is -0.710. The van der Waals surface area contributed by atoms with E-state index < -0.39 is 5.60 Å². The van der Waals surface area contributed by atoms with Gasteiger partial charge in [-0.25, -0.2) is 0 Å². The van der Waals surface area contributed by atoms with Gasteiger partial charge in [-0.2, -0.15) is 0 Å². The maximum absolute atomic E-state index is 11.4. The molecule has 0 radical (unpaired) electrons. The Bertz CT molecular complexity index is 198. The first-order valence-electron chi connectivity index (χ1n) is 4.81. The van der Waals surface area contributed by atoms with Gasteiger partial charge in [-0.1, -0.05) is 20.8 Å². The first-order chi connectivity index (χ1) is 6.02. The molecule has 0 amide bonds. The van der Waals surface area contributed by atoms with Gasteiger partial charge < -0.3 is 5.11 Å². The van der Waals surface area contributed by atoms with Crippen LogP contribution >= 0.6 is 0 Å². The van der Waals surface area contributed by atoms with Gasteiger partial charge in [0.15, 0.2) is 17.2 Å². The molecule has 0 saturated carbocycles. The molecule has 0 spiro atoms. The molecular weight excluding hydrogens is 168 g/mol. The number of carbonyl (C=O) groups excluding carboxylic acids is 2. The molecule has 0 saturated heterocycles. The predicted molar refractivity (Wildman–Crippen MR) is 50.5 cm³/mol. The Morgan fingerprint density at radius 2 is 1.69 bits per heavy atom. The van der Waals surface area contributed by atoms with Crippen molar-refractivity contribution in [2.45, 2.75) is 52.1 Å². The van der Waals surface area contributed by atoms with Crippen LogP contribution in [-0.4, -0.2) is 22.3 Å². The van der Waals surface area contributed by atoms with Crippen molar-refractivity contribution in [2.24, 2.45) is 0 Å². The highest BCUT2D eigenvalue weighted by Crippen LogP contribution is 2.17. The first kappa shape index (κ1) is 12.3. The van der Waals surface area contributed by atoms with E-state index in [4.69, 9.17) is 0 Å². The fraction of sp³-hybridized carbons (Fsp3) is 0.800. The number of hydrogen-bond donors (Lipinski definition) is 1. The molecule has 0 fully saturated rings. The Morgan fingerprint density at radius 3 is 2.00 bits per heavy atom. The highest BCUT2D eigenvalue weighted by atomic mass is 16.3. The third-order valence-corrected chi connectivity index (χ3v) is 2.23. The third-order valence-electron chi connectivity index (χ3n) is 2.23. The SMILES string of the molecule is CCCC(=O)[C@@](O)(CC)C(=O)CC. The zero-order chi connectivity index (χ0) is 10.5. The summed E-state index contributed by atoms with van der Waals surface area (Å²) in [7, 11) is 0. The second-order valence-electron chi connectivity index (χ2n) is 3.16. The van der Waals surface area contributed by atoms with Crippen LogP contribution in [0, 0.1) is 0 Å². The van der Waals surface area contributed by atoms with E-state index in [0.717, 1.165) is 0 Å². The lowest BCUT2D eigenvalue weighted by Crippen LogP contribution is -2.45. The van der Waals surface area contributed by atoms with E-state index in [1.54, 1.807) is 13.8 Å². The van der Waals surface area contributed by atoms with E-state index in [0.29, 0.717) is 6.42 Å². The average molecular weight is 186 g/mol. The van der Waals surface area contributed by atoms with Crippen molar-refractivity contribution in [1.82, 2.24) is 0 Å². The van der Waals surface area contributed by atoms with Crippen LogP contribution in [0.4, 0.5) is 0 Å². The van der Waals surface area contributed by atoms with E-state index in [2.05, 4.69) is 0 Å². The van der Waals surface area contributed by atoms with Crippen molar-refractivity contribution in [3.05, 3.63) is 0 Å². The molecule has 1 N–H and O–H groups in total. The molecule has 3 heteroatoms. The van der Waals surface area contributed by atoms with Gasteiger partial charge in [0, 0.05) is 12.8 Å². The average Bonchev–Trinajstić information content (AvgIpc) is 2.15. The Labute approximate surface area is 79.1 Å². The molecule has 76 valence electrons. The number of carbonyl (C=O) groups is 2. The number of rotatable bonds is 6. The van der Waals surface area contributed by atoms with Crippen molar-refractivity contribution < 1.29 is 14.7 Å². The molecule has 0 bridgehead atoms. The minimum atomic E-state index is -1.72. The van der Waals surface area contributed by atoms with Crippen molar-refractivity contribution >= 4 is 11.6 Å². The van der Waals surface area contributed by atoms with Gasteiger partial charge in [0.1, 0.15) is 0 Å². The number of Topliss-reactive ketones (excluding diaryl/α,β-unsaturated/α-hetero) is 2. The zero-order valence-electron chi connectivity index (χ0n) is 8.59. The van der Waals surface area contributed by atoms with Crippen molar-refractivity contribution in [2.75, 3.05) is 0 Å². The molecule has 0 aliphatic carbocycles. The Balaban J connectivity index is 4.61. The molecule has 13 heavy (non-hydrogen) atoms. The molecule has 1 atom stereocenters. The van der Waals surface area contributed by atoms with Crippen LogP contribution in [0.3, 0.4) is 0 Å². The summed E-state index contributed by atoms with van der Waals surface area (Å²) in [6.07, 6.45) is 1.33. The van der Waals surface area contributed by atoms with E-state index >= 15 is 0 Å². The van der Waals surface area contributed by atoms with Crippen LogP contribution in [0.5, 0.6) is 0 Å². The lowest BCUT2D eigenvalue weighted by atomic mass is 9.87. The summed E-state index contributed by atoms with van der Waals surface area (Å²) in [6, 6.07) is 0. The highest BCUT2D eigenvalue weighted by Gasteiger charge is 2.39. The van der Waals surface area contributed by atoms with Gasteiger partial charge in [-0.15, -0.1) is 0 Å². The summed E-state index contributed by atoms with van der Waals surface area (Å²) >= 11 is 0. The van der Waals surface area contributed by atoms with Crippen LogP contribution in [0.25, 0.3) is 0 Å². The molecule has 0 aromatic heterocycles. The van der Waals surface area contributed by atoms with Crippen molar-refractivity contribution in [3.8, 4) is 0 Å². The highest BCUT2D eigenvalue weighted by molar-refractivity contribution is 6.09. The summed E-state index contributed by atoms with van der Waals surface area (Å²) in [4.78, 5) is 22.7. The topological polar surface area (TPSA) is 54.4 Å². The van der Waals surface area contributed by atoms with E-state index in [1.807, 2.05) is 6.92 Å². The lowest BCUT2D eigenvalue weighted by molar-refractivity contribution is -0.151. The second kappa shape index (κ2) is 5.12. The maximum atomic E-state index is 11.4. The van der Waals surface area contributed by atoms with E-state index in [-0.39, 0.29) is 30.8 Å². The lowest BCUT2D eigenvalue weighted by Gasteiger charge is -2.22. The van der Waals surface area contributed by atoms with Gasteiger partial charge in [0.05, 0.1) is 0 Å². The van der Waals surface area contributed by atoms with Gasteiger partial charge in [-0.3, -0.25) is 9.59 Å². The number of hydrogen-bond acceptors (Lipinski definition) is 3. The van der Waals surface area contributed by atoms with Crippen LogP contribution in [0.2, 0.25) is 0 Å². The molecular formula is C10H18O3. The van der Waals surface area contributed by atoms with Gasteiger partial charge in [0.2, 0.25) is 0 Å². The molecule has 0 unspecified atom stereocenters. The molecule has 0 aromatic carbocycles. The third kappa shape index (κ3) is 2.62. The van der Waals surface area contributed by atoms with Crippen LogP contribution in [0.1, 0.15) is 46.5 Å². The standard InChI is InChI=1S/C10H18O3/c1-4-7-9(12)10(13,6-3)8(11)5-2/h13H,4-7H2,1-3H3/t10-/m1/s1. The Morgan fingerprint density at radius 1 is 1.15 bits per heavy atom. The molecule has 0 aliphatic rings. The number of ketones is 2. The predicted octanol–water partition coefficient (Wildman–Crippen LogP) is 1.48. The smallest absolute Gasteiger partial charge is 0.180 e. The second-order valence-corrected chi connectivity index (χ2v) is 3.16. The summed E-state index contributed by atoms with van der Waals surface area (Å²) in [5, 5.41) is 9.79. The fourth-order valence-corrected chi connectivity index (χ4v) is 1.28. The van der Waals surface area contributed by atoms with Crippen molar-refractivity contribution in [3.63, 3.8) is 0 Å². The molecule has 0 aromatic rings. The fourth-order valence-electron chi connectivity index (χ4n) is 1.28. The summed E-state index contributed by atoms with van der Waals surface area (Å²) in [5.41, 5.74) is -1.72. The van der Waals surface area contributed by atoms with Crippen LogP contribution in [-0.2, 0) is 9.59 Å². The Hall–Kier alpha value is -0.700. The zero-order valence-corrected chi connectivity index (χ0v) is 8.59. The van der Waals surface area contributed by atoms with Gasteiger partial charge >= 0.3 is 0 Å². The normalized spacial score (nSPS) is 15.1. The van der Waals surface area contributed by atoms with E-state index in [1.165, 1.54) is 0 Å². The quantitative estimate of drug-likeness (QED) is 0.639. The minimum Gasteiger partial charge on any atom is -0.375 e. The molecule has 0 rings (SSSR count).